The van der Waals surface area contributed by atoms with E-state index in [9.17, 15) is 8.42 Å². The van der Waals surface area contributed by atoms with Crippen LogP contribution in [0.1, 0.15) is 36.8 Å². The Morgan fingerprint density at radius 1 is 0.864 bits per heavy atom. The van der Waals surface area contributed by atoms with E-state index in [1.807, 2.05) is 0 Å². The molecule has 3 aromatic rings. The van der Waals surface area contributed by atoms with E-state index < -0.39 is 15.7 Å². The van der Waals surface area contributed by atoms with Gasteiger partial charge < -0.3 is 23.7 Å². The first-order chi connectivity index (χ1) is 21.0. The molecule has 1 aliphatic rings. The number of ether oxygens (including phenoxy) is 5. The zero-order chi connectivity index (χ0) is 31.9. The van der Waals surface area contributed by atoms with Gasteiger partial charge in [0.05, 0.1) is 44.4 Å². The Hall–Kier alpha value is -3.72. The van der Waals surface area contributed by atoms with Crippen LogP contribution in [0.5, 0.6) is 28.7 Å². The number of hydrogen-bond donors (Lipinski definition) is 0. The number of benzene rings is 3. The summed E-state index contributed by atoms with van der Waals surface area (Å²) in [6, 6.07) is 16.6. The maximum atomic E-state index is 15.3. The van der Waals surface area contributed by atoms with Crippen LogP contribution in [-0.4, -0.2) is 53.4 Å². The highest BCUT2D eigenvalue weighted by Gasteiger charge is 2.36. The molecule has 1 aliphatic carbocycles. The van der Waals surface area contributed by atoms with Gasteiger partial charge in [0, 0.05) is 42.3 Å². The molecule has 1 saturated carbocycles. The standard InChI is InChI=1S/C32H36ClFN2O7S/c1-39-25-7-5-23(30(15-25)41-3)19-36(20-24-6-8-26(40-2)16-31(24)42-4)44(37,38)27-9-10-29(28(33)17-27)43-21-32(34)13-11-22(18-35)12-14-32/h5-10,15-17,22H,11-14,19-21H2,1-4H3/t22-,32-. The number of nitriles is 1. The fraction of sp³-hybridized carbons (Fsp3) is 0.406. The third kappa shape index (κ3) is 7.67. The number of sulfonamides is 1. The number of alkyl halides is 1. The van der Waals surface area contributed by atoms with Crippen molar-refractivity contribution in [3.8, 4) is 34.8 Å². The number of rotatable bonds is 13. The molecule has 4 rings (SSSR count). The minimum atomic E-state index is -4.16. The number of halogens is 2. The zero-order valence-electron chi connectivity index (χ0n) is 25.1. The Morgan fingerprint density at radius 2 is 1.41 bits per heavy atom. The van der Waals surface area contributed by atoms with Crippen molar-refractivity contribution in [2.75, 3.05) is 35.0 Å². The predicted octanol–water partition coefficient (Wildman–Crippen LogP) is 6.57. The second kappa shape index (κ2) is 14.4. The van der Waals surface area contributed by atoms with Gasteiger partial charge >= 0.3 is 0 Å². The third-order valence-corrected chi connectivity index (χ3v) is 9.86. The van der Waals surface area contributed by atoms with Crippen molar-refractivity contribution in [1.29, 1.82) is 5.26 Å². The lowest BCUT2D eigenvalue weighted by molar-refractivity contribution is 0.0395. The molecule has 0 bridgehead atoms. The van der Waals surface area contributed by atoms with Crippen molar-refractivity contribution < 1.29 is 36.5 Å². The average Bonchev–Trinajstić information content (AvgIpc) is 3.04. The molecular weight excluding hydrogens is 611 g/mol. The molecule has 0 atom stereocenters. The summed E-state index contributed by atoms with van der Waals surface area (Å²) in [5.74, 6) is 2.06. The topological polar surface area (TPSA) is 107 Å². The highest BCUT2D eigenvalue weighted by molar-refractivity contribution is 7.89. The van der Waals surface area contributed by atoms with Gasteiger partial charge in [0.1, 0.15) is 41.0 Å². The molecule has 0 amide bonds. The van der Waals surface area contributed by atoms with E-state index in [1.165, 1.54) is 50.9 Å². The third-order valence-electron chi connectivity index (χ3n) is 7.77. The van der Waals surface area contributed by atoms with Gasteiger partial charge in [0.2, 0.25) is 10.0 Å². The van der Waals surface area contributed by atoms with Gasteiger partial charge in [-0.15, -0.1) is 0 Å². The summed E-state index contributed by atoms with van der Waals surface area (Å²) in [4.78, 5) is -0.0701. The minimum Gasteiger partial charge on any atom is -0.497 e. The smallest absolute Gasteiger partial charge is 0.243 e. The van der Waals surface area contributed by atoms with Crippen LogP contribution in [-0.2, 0) is 23.1 Å². The van der Waals surface area contributed by atoms with E-state index in [4.69, 9.17) is 40.5 Å². The molecule has 0 radical (unpaired) electrons. The van der Waals surface area contributed by atoms with Gasteiger partial charge in [0.25, 0.3) is 0 Å². The van der Waals surface area contributed by atoms with Crippen LogP contribution < -0.4 is 23.7 Å². The number of nitrogens with zero attached hydrogens (tertiary/aromatic N) is 2. The minimum absolute atomic E-state index is 0.0318. The summed E-state index contributed by atoms with van der Waals surface area (Å²) < 4.78 is 72.3. The van der Waals surface area contributed by atoms with Crippen LogP contribution in [0, 0.1) is 17.2 Å². The summed E-state index contributed by atoms with van der Waals surface area (Å²) in [7, 11) is 1.90. The molecule has 0 unspecified atom stereocenters. The fourth-order valence-electron chi connectivity index (χ4n) is 5.09. The van der Waals surface area contributed by atoms with E-state index >= 15 is 4.39 Å². The van der Waals surface area contributed by atoms with Crippen molar-refractivity contribution in [3.63, 3.8) is 0 Å². The Kier molecular flexibility index (Phi) is 10.8. The Labute approximate surface area is 263 Å². The lowest BCUT2D eigenvalue weighted by atomic mass is 9.81. The highest BCUT2D eigenvalue weighted by Crippen LogP contribution is 2.38. The summed E-state index contributed by atoms with van der Waals surface area (Å²) in [6.07, 6.45) is 1.37. The first-order valence-electron chi connectivity index (χ1n) is 14.0. The monoisotopic (exact) mass is 646 g/mol. The number of methoxy groups -OCH3 is 4. The summed E-state index contributed by atoms with van der Waals surface area (Å²) in [6.45, 7) is -0.332. The van der Waals surface area contributed by atoms with Gasteiger partial charge in [-0.3, -0.25) is 0 Å². The molecule has 12 heteroatoms. The van der Waals surface area contributed by atoms with Crippen molar-refractivity contribution in [1.82, 2.24) is 4.31 Å². The summed E-state index contributed by atoms with van der Waals surface area (Å²) in [5.41, 5.74) is -0.364. The molecule has 0 aromatic heterocycles. The van der Waals surface area contributed by atoms with Crippen LogP contribution >= 0.6 is 11.6 Å². The van der Waals surface area contributed by atoms with Gasteiger partial charge in [-0.05, 0) is 56.0 Å². The summed E-state index contributed by atoms with van der Waals surface area (Å²) >= 11 is 6.49. The van der Waals surface area contributed by atoms with Crippen LogP contribution in [0.3, 0.4) is 0 Å². The molecule has 0 saturated heterocycles. The molecule has 9 nitrogen and oxygen atoms in total. The Morgan fingerprint density at radius 3 is 1.86 bits per heavy atom. The van der Waals surface area contributed by atoms with Gasteiger partial charge in [0.15, 0.2) is 0 Å². The quantitative estimate of drug-likeness (QED) is 0.205. The van der Waals surface area contributed by atoms with Crippen LogP contribution in [0.4, 0.5) is 4.39 Å². The van der Waals surface area contributed by atoms with Crippen LogP contribution in [0.2, 0.25) is 5.02 Å². The van der Waals surface area contributed by atoms with E-state index in [2.05, 4.69) is 6.07 Å². The molecule has 236 valence electrons. The van der Waals surface area contributed by atoms with Gasteiger partial charge in [-0.1, -0.05) is 23.7 Å². The molecule has 44 heavy (non-hydrogen) atoms. The van der Waals surface area contributed by atoms with Crippen LogP contribution in [0.15, 0.2) is 59.5 Å². The highest BCUT2D eigenvalue weighted by atomic mass is 35.5. The lowest BCUT2D eigenvalue weighted by Crippen LogP contribution is -2.35. The maximum Gasteiger partial charge on any atom is 0.243 e. The van der Waals surface area contributed by atoms with E-state index in [0.717, 1.165) is 0 Å². The molecule has 0 aliphatic heterocycles. The van der Waals surface area contributed by atoms with Crippen molar-refractivity contribution in [2.24, 2.45) is 5.92 Å². The van der Waals surface area contributed by atoms with Crippen LogP contribution in [0.25, 0.3) is 0 Å². The van der Waals surface area contributed by atoms with E-state index in [0.29, 0.717) is 47.0 Å². The maximum absolute atomic E-state index is 15.3. The molecule has 0 heterocycles. The molecule has 0 N–H and O–H groups in total. The largest absolute Gasteiger partial charge is 0.497 e. The SMILES string of the molecule is COc1ccc(CN(Cc2ccc(OC)cc2OC)S(=O)(=O)c2ccc(OC[C@]3(F)CC[C@H](C#N)CC3)c(Cl)c2)c(OC)c1. The lowest BCUT2D eigenvalue weighted by Gasteiger charge is -2.31. The second-order valence-corrected chi connectivity index (χ2v) is 12.9. The van der Waals surface area contributed by atoms with Gasteiger partial charge in [-0.25, -0.2) is 12.8 Å². The molecule has 0 spiro atoms. The van der Waals surface area contributed by atoms with Crippen molar-refractivity contribution >= 4 is 21.6 Å². The first-order valence-corrected chi connectivity index (χ1v) is 15.8. The summed E-state index contributed by atoms with van der Waals surface area (Å²) in [5, 5.41) is 9.13. The molecular formula is C32H36ClFN2O7S. The Bertz CT molecular complexity index is 1550. The van der Waals surface area contributed by atoms with E-state index in [-0.39, 0.29) is 54.1 Å². The van der Waals surface area contributed by atoms with E-state index in [1.54, 1.807) is 36.4 Å². The molecule has 3 aromatic carbocycles. The van der Waals surface area contributed by atoms with Gasteiger partial charge in [-0.2, -0.15) is 9.57 Å². The van der Waals surface area contributed by atoms with Crippen molar-refractivity contribution in [2.45, 2.75) is 49.3 Å². The normalized spacial score (nSPS) is 18.4. The number of hydrogen-bond acceptors (Lipinski definition) is 8. The molecule has 1 fully saturated rings. The average molecular weight is 647 g/mol. The first kappa shape index (κ1) is 33.2. The Balaban J connectivity index is 1.64. The van der Waals surface area contributed by atoms with Crippen molar-refractivity contribution in [3.05, 3.63) is 70.7 Å². The second-order valence-electron chi connectivity index (χ2n) is 10.6. The fourth-order valence-corrected chi connectivity index (χ4v) is 6.82. The zero-order valence-corrected chi connectivity index (χ0v) is 26.7. The predicted molar refractivity (Wildman–Crippen MR) is 164 cm³/mol.